The maximum absolute atomic E-state index is 11.7. The van der Waals surface area contributed by atoms with Crippen LogP contribution >= 0.6 is 11.6 Å². The van der Waals surface area contributed by atoms with Crippen molar-refractivity contribution in [2.24, 2.45) is 0 Å². The van der Waals surface area contributed by atoms with Crippen LogP contribution < -0.4 is 5.32 Å². The highest BCUT2D eigenvalue weighted by Crippen LogP contribution is 2.30. The number of rotatable bonds is 0. The highest BCUT2D eigenvalue weighted by molar-refractivity contribution is 6.34. The van der Waals surface area contributed by atoms with Gasteiger partial charge in [0, 0.05) is 18.0 Å². The van der Waals surface area contributed by atoms with Crippen molar-refractivity contribution in [3.63, 3.8) is 0 Å². The highest BCUT2D eigenvalue weighted by Gasteiger charge is 2.20. The number of para-hydroxylation sites is 1. The Bertz CT molecular complexity index is 376. The van der Waals surface area contributed by atoms with Gasteiger partial charge in [-0.05, 0) is 25.5 Å². The van der Waals surface area contributed by atoms with Crippen molar-refractivity contribution < 1.29 is 4.79 Å². The molecule has 0 saturated carbocycles. The van der Waals surface area contributed by atoms with Gasteiger partial charge in [-0.3, -0.25) is 4.79 Å². The summed E-state index contributed by atoms with van der Waals surface area (Å²) in [5.74, 6) is 0.180. The minimum absolute atomic E-state index is 0.180. The molecule has 1 unspecified atom stereocenters. The molecule has 2 nitrogen and oxygen atoms in total. The Morgan fingerprint density at radius 1 is 1.50 bits per heavy atom. The van der Waals surface area contributed by atoms with Gasteiger partial charge in [0.1, 0.15) is 0 Å². The predicted molar refractivity (Wildman–Crippen MR) is 58.1 cm³/mol. The number of fused-ring (bicyclic) bond motifs is 1. The fraction of sp³-hybridized carbons (Fsp3) is 0.364. The molecule has 1 heterocycles. The molecule has 0 spiro atoms. The monoisotopic (exact) mass is 209 g/mol. The maximum atomic E-state index is 11.7. The Labute approximate surface area is 88.3 Å². The van der Waals surface area contributed by atoms with E-state index in [4.69, 9.17) is 11.6 Å². The Kier molecular flexibility index (Phi) is 2.46. The molecule has 1 N–H and O–H groups in total. The standard InChI is InChI=1S/C11H12ClNO/c1-7-5-6-10(14)8-3-2-4-9(12)11(8)13-7/h2-4,7,13H,5-6H2,1H3. The van der Waals surface area contributed by atoms with E-state index in [0.717, 1.165) is 17.7 Å². The molecular weight excluding hydrogens is 198 g/mol. The van der Waals surface area contributed by atoms with Crippen molar-refractivity contribution in [3.05, 3.63) is 28.8 Å². The van der Waals surface area contributed by atoms with Crippen LogP contribution in [0.4, 0.5) is 5.69 Å². The van der Waals surface area contributed by atoms with Gasteiger partial charge >= 0.3 is 0 Å². The lowest BCUT2D eigenvalue weighted by Gasteiger charge is -2.13. The molecule has 0 bridgehead atoms. The predicted octanol–water partition coefficient (Wildman–Crippen LogP) is 3.12. The third-order valence-corrected chi connectivity index (χ3v) is 2.82. The first-order valence-electron chi connectivity index (χ1n) is 4.76. The lowest BCUT2D eigenvalue weighted by molar-refractivity contribution is 0.0982. The van der Waals surface area contributed by atoms with Crippen LogP contribution in [-0.4, -0.2) is 11.8 Å². The normalized spacial score (nSPS) is 21.0. The molecule has 1 aliphatic rings. The van der Waals surface area contributed by atoms with Gasteiger partial charge in [0.25, 0.3) is 0 Å². The summed E-state index contributed by atoms with van der Waals surface area (Å²) in [7, 11) is 0. The summed E-state index contributed by atoms with van der Waals surface area (Å²) >= 11 is 6.03. The molecule has 14 heavy (non-hydrogen) atoms. The summed E-state index contributed by atoms with van der Waals surface area (Å²) in [4.78, 5) is 11.7. The second-order valence-electron chi connectivity index (χ2n) is 3.67. The van der Waals surface area contributed by atoms with Gasteiger partial charge in [0.15, 0.2) is 5.78 Å². The van der Waals surface area contributed by atoms with E-state index in [0.29, 0.717) is 17.5 Å². The van der Waals surface area contributed by atoms with Gasteiger partial charge < -0.3 is 5.32 Å². The Hall–Kier alpha value is -1.02. The molecular formula is C11H12ClNO. The zero-order valence-corrected chi connectivity index (χ0v) is 8.77. The Morgan fingerprint density at radius 3 is 3.07 bits per heavy atom. The smallest absolute Gasteiger partial charge is 0.165 e. The van der Waals surface area contributed by atoms with Crippen molar-refractivity contribution in [1.82, 2.24) is 0 Å². The molecule has 1 atom stereocenters. The number of halogens is 1. The van der Waals surface area contributed by atoms with E-state index in [2.05, 4.69) is 12.2 Å². The molecule has 0 aliphatic carbocycles. The minimum atomic E-state index is 0.180. The van der Waals surface area contributed by atoms with E-state index in [1.54, 1.807) is 6.07 Å². The first-order valence-corrected chi connectivity index (χ1v) is 5.14. The highest BCUT2D eigenvalue weighted by atomic mass is 35.5. The van der Waals surface area contributed by atoms with Crippen LogP contribution in [0, 0.1) is 0 Å². The van der Waals surface area contributed by atoms with Crippen LogP contribution in [-0.2, 0) is 0 Å². The van der Waals surface area contributed by atoms with E-state index < -0.39 is 0 Å². The third-order valence-electron chi connectivity index (χ3n) is 2.51. The number of benzene rings is 1. The van der Waals surface area contributed by atoms with E-state index in [9.17, 15) is 4.79 Å². The summed E-state index contributed by atoms with van der Waals surface area (Å²) in [6, 6.07) is 5.75. The summed E-state index contributed by atoms with van der Waals surface area (Å²) in [5.41, 5.74) is 1.52. The van der Waals surface area contributed by atoms with E-state index >= 15 is 0 Å². The number of anilines is 1. The SMILES string of the molecule is CC1CCC(=O)c2cccc(Cl)c2N1. The molecule has 0 saturated heterocycles. The van der Waals surface area contributed by atoms with Crippen LogP contribution in [0.5, 0.6) is 0 Å². The van der Waals surface area contributed by atoms with Gasteiger partial charge in [-0.1, -0.05) is 17.7 Å². The van der Waals surface area contributed by atoms with Gasteiger partial charge in [0.05, 0.1) is 10.7 Å². The number of hydrogen-bond donors (Lipinski definition) is 1. The molecule has 74 valence electrons. The maximum Gasteiger partial charge on any atom is 0.165 e. The Morgan fingerprint density at radius 2 is 2.29 bits per heavy atom. The van der Waals surface area contributed by atoms with Crippen LogP contribution in [0.3, 0.4) is 0 Å². The zero-order valence-electron chi connectivity index (χ0n) is 8.01. The second-order valence-corrected chi connectivity index (χ2v) is 4.08. The number of carbonyl (C=O) groups excluding carboxylic acids is 1. The van der Waals surface area contributed by atoms with Crippen LogP contribution in [0.2, 0.25) is 5.02 Å². The third kappa shape index (κ3) is 1.62. The molecule has 0 fully saturated rings. The lowest BCUT2D eigenvalue weighted by Crippen LogP contribution is -2.13. The Balaban J connectivity index is 2.52. The first-order chi connectivity index (χ1) is 6.68. The van der Waals surface area contributed by atoms with Gasteiger partial charge in [-0.2, -0.15) is 0 Å². The summed E-state index contributed by atoms with van der Waals surface area (Å²) in [6.45, 7) is 2.06. The van der Waals surface area contributed by atoms with Crippen molar-refractivity contribution in [2.45, 2.75) is 25.8 Å². The van der Waals surface area contributed by atoms with E-state index in [1.807, 2.05) is 12.1 Å². The second kappa shape index (κ2) is 3.62. The largest absolute Gasteiger partial charge is 0.381 e. The average Bonchev–Trinajstić information content (AvgIpc) is 2.30. The van der Waals surface area contributed by atoms with Gasteiger partial charge in [0.2, 0.25) is 0 Å². The first kappa shape index (κ1) is 9.53. The molecule has 0 aromatic heterocycles. The summed E-state index contributed by atoms with van der Waals surface area (Å²) in [5, 5.41) is 3.90. The van der Waals surface area contributed by atoms with Crippen molar-refractivity contribution in [1.29, 1.82) is 0 Å². The van der Waals surface area contributed by atoms with Crippen LogP contribution in [0.15, 0.2) is 18.2 Å². The lowest BCUT2D eigenvalue weighted by atomic mass is 10.1. The van der Waals surface area contributed by atoms with Gasteiger partial charge in [-0.15, -0.1) is 0 Å². The van der Waals surface area contributed by atoms with Crippen molar-refractivity contribution in [3.8, 4) is 0 Å². The number of ketones is 1. The number of nitrogens with one attached hydrogen (secondary N) is 1. The van der Waals surface area contributed by atoms with Crippen LogP contribution in [0.25, 0.3) is 0 Å². The molecule has 2 rings (SSSR count). The summed E-state index contributed by atoms with van der Waals surface area (Å²) in [6.07, 6.45) is 1.46. The molecule has 1 aromatic rings. The quantitative estimate of drug-likeness (QED) is 0.712. The van der Waals surface area contributed by atoms with Crippen molar-refractivity contribution in [2.75, 3.05) is 5.32 Å². The van der Waals surface area contributed by atoms with E-state index in [-0.39, 0.29) is 5.78 Å². The van der Waals surface area contributed by atoms with Gasteiger partial charge in [-0.25, -0.2) is 0 Å². The van der Waals surface area contributed by atoms with Crippen molar-refractivity contribution >= 4 is 23.1 Å². The van der Waals surface area contributed by atoms with Crippen LogP contribution in [0.1, 0.15) is 30.1 Å². The van der Waals surface area contributed by atoms with E-state index in [1.165, 1.54) is 0 Å². The fourth-order valence-electron chi connectivity index (χ4n) is 1.70. The number of carbonyl (C=O) groups is 1. The average molecular weight is 210 g/mol. The minimum Gasteiger partial charge on any atom is -0.381 e. The fourth-order valence-corrected chi connectivity index (χ4v) is 1.93. The molecule has 1 aliphatic heterocycles. The topological polar surface area (TPSA) is 29.1 Å². The molecule has 0 radical (unpaired) electrons. The number of hydrogen-bond acceptors (Lipinski definition) is 2. The summed E-state index contributed by atoms with van der Waals surface area (Å²) < 4.78 is 0. The molecule has 0 amide bonds. The zero-order chi connectivity index (χ0) is 10.1. The molecule has 1 aromatic carbocycles. The molecule has 3 heteroatoms. The number of Topliss-reactive ketones (excluding diaryl/α,β-unsaturated/α-hetero) is 1.